The molecule has 0 radical (unpaired) electrons. The number of aromatic amines is 1. The van der Waals surface area contributed by atoms with E-state index in [-0.39, 0.29) is 28.3 Å². The van der Waals surface area contributed by atoms with E-state index in [0.29, 0.717) is 27.5 Å². The standard InChI is InChI=1S/C9H7NO3.C9H9NO2.C8H9NO2.C7H5Br2NO2/c11-6-1-2-7-5(3-6)4-8(10-7)9(12)13;11-9(12)8-5-6-3-1-2-4-7(6)10-8;1-5-2-3-6(8(10)11)7(9)4-5;8-4-1-3(7(11)12)6(10)2-5(4)9/h1-4,10-11H,(H,12,13);1-4,8,10H,5H2,(H,11,12);2-4H,9H2,1H3,(H,10,11);1-2H,10H2,(H,11,12)/t;8-;;/m.0../s1. The van der Waals surface area contributed by atoms with Crippen LogP contribution in [0.4, 0.5) is 17.1 Å². The van der Waals surface area contributed by atoms with Crippen molar-refractivity contribution < 1.29 is 44.7 Å². The third-order valence-electron chi connectivity index (χ3n) is 6.66. The summed E-state index contributed by atoms with van der Waals surface area (Å²) in [6.07, 6.45) is 0.589. The van der Waals surface area contributed by atoms with Crippen LogP contribution in [0.2, 0.25) is 0 Å². The molecular weight excluding hydrogens is 756 g/mol. The average Bonchev–Trinajstić information content (AvgIpc) is 3.64. The Morgan fingerprint density at radius 1 is 0.750 bits per heavy atom. The number of aliphatic carboxylic acids is 1. The van der Waals surface area contributed by atoms with Crippen molar-refractivity contribution in [1.82, 2.24) is 4.98 Å². The van der Waals surface area contributed by atoms with E-state index in [1.807, 2.05) is 31.2 Å². The first-order valence-corrected chi connectivity index (χ1v) is 15.4. The van der Waals surface area contributed by atoms with Crippen molar-refractivity contribution in [1.29, 1.82) is 0 Å². The van der Waals surface area contributed by atoms with E-state index in [4.69, 9.17) is 37.0 Å². The largest absolute Gasteiger partial charge is 0.508 e. The van der Waals surface area contributed by atoms with Crippen LogP contribution in [-0.2, 0) is 11.2 Å². The SMILES string of the molecule is Cc1ccc(C(=O)O)c(N)c1.Nc1cc(Br)c(Br)cc1C(=O)O.O=C(O)[C@@H]1Cc2ccccc2N1.O=C(O)c1cc2cc(O)ccc2[nH]1. The molecule has 1 aliphatic rings. The lowest BCUT2D eigenvalue weighted by molar-refractivity contribution is -0.137. The van der Waals surface area contributed by atoms with E-state index < -0.39 is 29.9 Å². The van der Waals surface area contributed by atoms with E-state index in [9.17, 15) is 19.2 Å². The summed E-state index contributed by atoms with van der Waals surface area (Å²) >= 11 is 6.39. The van der Waals surface area contributed by atoms with E-state index in [1.165, 1.54) is 30.3 Å². The number of aromatic carboxylic acids is 3. The fourth-order valence-electron chi connectivity index (χ4n) is 4.31. The molecule has 6 rings (SSSR count). The molecule has 1 aromatic heterocycles. The summed E-state index contributed by atoms with van der Waals surface area (Å²) in [4.78, 5) is 44.9. The van der Waals surface area contributed by atoms with Crippen LogP contribution in [0.15, 0.2) is 87.8 Å². The first-order chi connectivity index (χ1) is 22.6. The highest BCUT2D eigenvalue weighted by Crippen LogP contribution is 2.28. The van der Waals surface area contributed by atoms with Gasteiger partial charge in [-0.2, -0.15) is 0 Å². The highest BCUT2D eigenvalue weighted by molar-refractivity contribution is 9.13. The second-order valence-corrected chi connectivity index (χ2v) is 11.9. The number of para-hydroxylation sites is 1. The predicted molar refractivity (Wildman–Crippen MR) is 188 cm³/mol. The number of nitrogen functional groups attached to an aromatic ring is 2. The van der Waals surface area contributed by atoms with Gasteiger partial charge in [-0.15, -0.1) is 0 Å². The maximum atomic E-state index is 10.6. The molecule has 0 fully saturated rings. The number of nitrogens with two attached hydrogens (primary N) is 2. The summed E-state index contributed by atoms with van der Waals surface area (Å²) in [6, 6.07) is 21.2. The minimum atomic E-state index is -1.03. The lowest BCUT2D eigenvalue weighted by Gasteiger charge is -2.02. The second kappa shape index (κ2) is 16.3. The molecule has 0 unspecified atom stereocenters. The first kappa shape index (κ1) is 36.9. The Hall–Kier alpha value is -5.54. The summed E-state index contributed by atoms with van der Waals surface area (Å²) in [5.74, 6) is -3.67. The first-order valence-electron chi connectivity index (χ1n) is 13.8. The molecule has 0 bridgehead atoms. The fraction of sp³-hybridized carbons (Fsp3) is 0.0909. The highest BCUT2D eigenvalue weighted by atomic mass is 79.9. The Morgan fingerprint density at radius 3 is 1.96 bits per heavy atom. The number of rotatable bonds is 4. The number of H-pyrrole nitrogens is 1. The van der Waals surface area contributed by atoms with Crippen LogP contribution in [0.1, 0.15) is 42.3 Å². The lowest BCUT2D eigenvalue weighted by Crippen LogP contribution is -2.26. The van der Waals surface area contributed by atoms with E-state index >= 15 is 0 Å². The zero-order chi connectivity index (χ0) is 35.7. The summed E-state index contributed by atoms with van der Waals surface area (Å²) in [7, 11) is 0. The molecule has 0 spiro atoms. The van der Waals surface area contributed by atoms with Crippen LogP contribution in [0.25, 0.3) is 10.9 Å². The molecule has 11 N–H and O–H groups in total. The van der Waals surface area contributed by atoms with Gasteiger partial charge in [0.2, 0.25) is 0 Å². The van der Waals surface area contributed by atoms with Gasteiger partial charge in [-0.25, -0.2) is 19.2 Å². The predicted octanol–water partition coefficient (Wildman–Crippen LogP) is 6.45. The number of phenolic OH excluding ortho intramolecular Hbond substituents is 1. The number of nitrogens with one attached hydrogen (secondary N) is 2. The molecule has 0 aliphatic carbocycles. The minimum Gasteiger partial charge on any atom is -0.508 e. The normalized spacial score (nSPS) is 12.4. The summed E-state index contributed by atoms with van der Waals surface area (Å²) in [6.45, 7) is 1.86. The zero-order valence-corrected chi connectivity index (χ0v) is 28.2. The number of halogens is 2. The molecule has 0 saturated heterocycles. The van der Waals surface area contributed by atoms with Gasteiger partial charge in [-0.1, -0.05) is 24.3 Å². The quantitative estimate of drug-likeness (QED) is 0.0893. The molecular formula is C33H30Br2N4O9. The van der Waals surface area contributed by atoms with Crippen LogP contribution in [0.5, 0.6) is 5.75 Å². The molecule has 13 nitrogen and oxygen atoms in total. The Balaban J connectivity index is 0.000000174. The van der Waals surface area contributed by atoms with Gasteiger partial charge in [-0.3, -0.25) is 0 Å². The van der Waals surface area contributed by atoms with Crippen molar-refractivity contribution in [3.05, 3.63) is 116 Å². The number of aromatic nitrogens is 1. The highest BCUT2D eigenvalue weighted by Gasteiger charge is 2.25. The summed E-state index contributed by atoms with van der Waals surface area (Å²) in [5, 5.41) is 47.4. The van der Waals surface area contributed by atoms with Gasteiger partial charge in [0.1, 0.15) is 17.5 Å². The molecule has 2 heterocycles. The number of anilines is 3. The number of aryl methyl sites for hydroxylation is 1. The van der Waals surface area contributed by atoms with E-state index in [0.717, 1.165) is 21.3 Å². The molecule has 4 aromatic carbocycles. The van der Waals surface area contributed by atoms with E-state index in [2.05, 4.69) is 42.2 Å². The van der Waals surface area contributed by atoms with Gasteiger partial charge in [0.05, 0.1) is 11.1 Å². The smallest absolute Gasteiger partial charge is 0.352 e. The molecule has 250 valence electrons. The Morgan fingerprint density at radius 2 is 1.38 bits per heavy atom. The molecule has 1 aliphatic heterocycles. The molecule has 0 saturated carbocycles. The average molecular weight is 786 g/mol. The molecule has 5 aromatic rings. The number of benzene rings is 4. The van der Waals surface area contributed by atoms with Gasteiger partial charge in [0.15, 0.2) is 0 Å². The number of hydrogen-bond donors (Lipinski definition) is 9. The van der Waals surface area contributed by atoms with Gasteiger partial charge < -0.3 is 47.3 Å². The lowest BCUT2D eigenvalue weighted by atomic mass is 10.1. The Labute approximate surface area is 290 Å². The Bertz CT molecular complexity index is 1970. The maximum absolute atomic E-state index is 10.6. The van der Waals surface area contributed by atoms with Crippen molar-refractivity contribution in [3.63, 3.8) is 0 Å². The number of hydrogen-bond acceptors (Lipinski definition) is 8. The Kier molecular flexibility index (Phi) is 12.6. The maximum Gasteiger partial charge on any atom is 0.352 e. The van der Waals surface area contributed by atoms with Crippen molar-refractivity contribution in [2.24, 2.45) is 0 Å². The number of aromatic hydroxyl groups is 1. The number of fused-ring (bicyclic) bond motifs is 2. The van der Waals surface area contributed by atoms with Gasteiger partial charge in [-0.05, 0) is 105 Å². The van der Waals surface area contributed by atoms with Crippen LogP contribution < -0.4 is 16.8 Å². The van der Waals surface area contributed by atoms with Gasteiger partial charge in [0.25, 0.3) is 0 Å². The van der Waals surface area contributed by atoms with Gasteiger partial charge in [0, 0.05) is 43.3 Å². The van der Waals surface area contributed by atoms with E-state index in [1.54, 1.807) is 24.3 Å². The van der Waals surface area contributed by atoms with Crippen molar-refractivity contribution >= 4 is 83.7 Å². The molecule has 48 heavy (non-hydrogen) atoms. The molecule has 0 amide bonds. The van der Waals surface area contributed by atoms with Crippen molar-refractivity contribution in [3.8, 4) is 5.75 Å². The zero-order valence-electron chi connectivity index (χ0n) is 25.1. The van der Waals surface area contributed by atoms with Crippen LogP contribution in [0.3, 0.4) is 0 Å². The minimum absolute atomic E-state index is 0.102. The van der Waals surface area contributed by atoms with Crippen LogP contribution in [0, 0.1) is 6.92 Å². The summed E-state index contributed by atoms with van der Waals surface area (Å²) in [5.41, 5.74) is 15.6. The molecule has 1 atom stereocenters. The number of phenols is 1. The number of carbonyl (C=O) groups is 4. The third-order valence-corrected chi connectivity index (χ3v) is 8.51. The summed E-state index contributed by atoms with van der Waals surface area (Å²) < 4.78 is 1.42. The van der Waals surface area contributed by atoms with Crippen molar-refractivity contribution in [2.75, 3.05) is 16.8 Å². The topological polar surface area (TPSA) is 249 Å². The van der Waals surface area contributed by atoms with Crippen LogP contribution in [-0.4, -0.2) is 60.4 Å². The van der Waals surface area contributed by atoms with Crippen molar-refractivity contribution in [2.45, 2.75) is 19.4 Å². The number of carboxylic acids is 4. The monoisotopic (exact) mass is 784 g/mol. The fourth-order valence-corrected chi connectivity index (χ4v) is 5.01. The van der Waals surface area contributed by atoms with Gasteiger partial charge >= 0.3 is 23.9 Å². The number of carboxylic acid groups (broad SMARTS) is 4. The third kappa shape index (κ3) is 9.98. The van der Waals surface area contributed by atoms with Crippen LogP contribution >= 0.6 is 31.9 Å². The molecule has 15 heteroatoms. The second-order valence-electron chi connectivity index (χ2n) is 10.2.